The number of fused-ring (bicyclic) bond motifs is 1. The molecule has 0 saturated heterocycles. The molecule has 0 fully saturated rings. The molecule has 4 aromatic carbocycles. The Morgan fingerprint density at radius 3 is 2.31 bits per heavy atom. The van der Waals surface area contributed by atoms with Gasteiger partial charge in [-0.05, 0) is 89.5 Å². The summed E-state index contributed by atoms with van der Waals surface area (Å²) in [6.07, 6.45) is -4.62. The fraction of sp³-hybridized carbons (Fsp3) is 0.200. The number of benzene rings is 4. The summed E-state index contributed by atoms with van der Waals surface area (Å²) in [5.41, 5.74) is 8.49. The Hall–Kier alpha value is -4.54. The normalized spacial score (nSPS) is 12.2. The van der Waals surface area contributed by atoms with E-state index >= 15 is 0 Å². The van der Waals surface area contributed by atoms with Gasteiger partial charge in [-0.15, -0.1) is 0 Å². The number of halogens is 3. The summed E-state index contributed by atoms with van der Waals surface area (Å²) in [5, 5.41) is 11.7. The zero-order chi connectivity index (χ0) is 32.5. The first-order chi connectivity index (χ1) is 21.2. The molecule has 5 aromatic rings. The van der Waals surface area contributed by atoms with E-state index in [0.717, 1.165) is 27.3 Å². The van der Waals surface area contributed by atoms with E-state index < -0.39 is 29.2 Å². The predicted molar refractivity (Wildman–Crippen MR) is 169 cm³/mol. The molecule has 5 rings (SSSR count). The van der Waals surface area contributed by atoms with Gasteiger partial charge in [0.15, 0.2) is 0 Å². The fourth-order valence-electron chi connectivity index (χ4n) is 5.04. The molecule has 0 bridgehead atoms. The molecule has 0 saturated carbocycles. The van der Waals surface area contributed by atoms with Crippen LogP contribution in [0.1, 0.15) is 52.4 Å². The van der Waals surface area contributed by atoms with Crippen molar-refractivity contribution in [3.05, 3.63) is 125 Å². The van der Waals surface area contributed by atoms with Crippen LogP contribution in [-0.4, -0.2) is 21.3 Å². The highest BCUT2D eigenvalue weighted by Gasteiger charge is 2.35. The molecule has 3 N–H and O–H groups in total. The first kappa shape index (κ1) is 31.9. The van der Waals surface area contributed by atoms with E-state index in [0.29, 0.717) is 22.3 Å². The Morgan fingerprint density at radius 2 is 1.62 bits per heavy atom. The molecule has 0 radical (unpaired) electrons. The van der Waals surface area contributed by atoms with Crippen LogP contribution in [0.25, 0.3) is 21.9 Å². The monoisotopic (exact) mass is 632 g/mol. The molecule has 1 amide bonds. The number of rotatable bonds is 10. The van der Waals surface area contributed by atoms with Crippen molar-refractivity contribution in [1.82, 2.24) is 4.31 Å². The molecular weight excluding hydrogens is 601 g/mol. The molecule has 45 heavy (non-hydrogen) atoms. The molecule has 0 aliphatic carbocycles. The largest absolute Gasteiger partial charge is 0.481 e. The second kappa shape index (κ2) is 12.5. The molecule has 0 aliphatic heterocycles. The van der Waals surface area contributed by atoms with Crippen molar-refractivity contribution < 1.29 is 32.3 Å². The summed E-state index contributed by atoms with van der Waals surface area (Å²) in [4.78, 5) is 25.5. The number of aryl methyl sites for hydroxylation is 1. The summed E-state index contributed by atoms with van der Waals surface area (Å²) < 4.78 is 47.0. The maximum absolute atomic E-state index is 13.3. The lowest BCUT2D eigenvalue weighted by atomic mass is 9.83. The maximum atomic E-state index is 13.3. The van der Waals surface area contributed by atoms with E-state index in [1.807, 2.05) is 59.8 Å². The van der Waals surface area contributed by atoms with Gasteiger partial charge in [-0.1, -0.05) is 72.8 Å². The van der Waals surface area contributed by atoms with Crippen LogP contribution in [-0.2, 0) is 29.5 Å². The SMILES string of the molecule is Cc1ccc2ccccc2c1SN(Cc1ccc(C(F)(F)F)o1)Cc1ccc(-c2cccc(C(C)(C)C(=O)O)c2)cc1C(N)=O. The van der Waals surface area contributed by atoms with Crippen LogP contribution in [0, 0.1) is 6.92 Å². The number of nitrogens with zero attached hydrogens (tertiary/aromatic N) is 1. The summed E-state index contributed by atoms with van der Waals surface area (Å²) in [6.45, 7) is 5.36. The highest BCUT2D eigenvalue weighted by molar-refractivity contribution is 7.97. The lowest BCUT2D eigenvalue weighted by molar-refractivity contribution is -0.153. The number of carbonyl (C=O) groups is 2. The third-order valence-corrected chi connectivity index (χ3v) is 8.99. The van der Waals surface area contributed by atoms with E-state index in [1.165, 1.54) is 18.0 Å². The van der Waals surface area contributed by atoms with Crippen molar-refractivity contribution in [2.75, 3.05) is 0 Å². The standard InChI is InChI=1S/C35H31F3N2O4S/c1-21-11-12-22-7-4-5-10-28(22)31(21)45-40(20-27-15-16-30(44-27)35(36,37)38)19-25-14-13-24(18-29(25)32(39)41)23-8-6-9-26(17-23)34(2,3)33(42)43/h4-18H,19-20H2,1-3H3,(H2,39,41)(H,42,43). The Labute approximate surface area is 262 Å². The van der Waals surface area contributed by atoms with Crippen LogP contribution in [0.3, 0.4) is 0 Å². The van der Waals surface area contributed by atoms with E-state index in [4.69, 9.17) is 10.2 Å². The number of aliphatic carboxylic acids is 1. The molecule has 1 heterocycles. The van der Waals surface area contributed by atoms with Crippen LogP contribution in [0.5, 0.6) is 0 Å². The molecule has 6 nitrogen and oxygen atoms in total. The Morgan fingerprint density at radius 1 is 0.889 bits per heavy atom. The van der Waals surface area contributed by atoms with Crippen LogP contribution in [0.15, 0.2) is 100 Å². The second-order valence-electron chi connectivity index (χ2n) is 11.3. The van der Waals surface area contributed by atoms with E-state index in [9.17, 15) is 27.9 Å². The molecule has 1 aromatic heterocycles. The third kappa shape index (κ3) is 6.92. The van der Waals surface area contributed by atoms with Crippen LogP contribution < -0.4 is 5.73 Å². The first-order valence-electron chi connectivity index (χ1n) is 14.1. The van der Waals surface area contributed by atoms with E-state index in [2.05, 4.69) is 0 Å². The number of carboxylic acid groups (broad SMARTS) is 1. The van der Waals surface area contributed by atoms with Gasteiger partial charge in [0.25, 0.3) is 0 Å². The number of hydrogen-bond donors (Lipinski definition) is 2. The number of hydrogen-bond acceptors (Lipinski definition) is 5. The molecule has 0 spiro atoms. The Balaban J connectivity index is 1.53. The summed E-state index contributed by atoms with van der Waals surface area (Å²) in [6, 6.07) is 26.4. The number of carboxylic acids is 1. The topological polar surface area (TPSA) is 96.8 Å². The summed E-state index contributed by atoms with van der Waals surface area (Å²) in [5.74, 6) is -2.61. The van der Waals surface area contributed by atoms with Gasteiger partial charge < -0.3 is 15.3 Å². The smallest absolute Gasteiger partial charge is 0.449 e. The van der Waals surface area contributed by atoms with Crippen LogP contribution >= 0.6 is 11.9 Å². The highest BCUT2D eigenvalue weighted by Crippen LogP contribution is 2.37. The molecule has 10 heteroatoms. The number of nitrogens with two attached hydrogens (primary N) is 1. The van der Waals surface area contributed by atoms with Crippen molar-refractivity contribution in [1.29, 1.82) is 0 Å². The lowest BCUT2D eigenvalue weighted by Gasteiger charge is -2.24. The van der Waals surface area contributed by atoms with Gasteiger partial charge in [0.2, 0.25) is 11.7 Å². The van der Waals surface area contributed by atoms with E-state index in [1.54, 1.807) is 44.2 Å². The minimum atomic E-state index is -4.62. The lowest BCUT2D eigenvalue weighted by Crippen LogP contribution is -2.28. The average Bonchev–Trinajstić information content (AvgIpc) is 3.48. The third-order valence-electron chi connectivity index (χ3n) is 7.74. The zero-order valence-electron chi connectivity index (χ0n) is 24.8. The number of furan rings is 1. The zero-order valence-corrected chi connectivity index (χ0v) is 25.6. The Kier molecular flexibility index (Phi) is 8.82. The fourth-order valence-corrected chi connectivity index (χ4v) is 6.19. The summed E-state index contributed by atoms with van der Waals surface area (Å²) >= 11 is 1.36. The second-order valence-corrected chi connectivity index (χ2v) is 12.4. The predicted octanol–water partition coefficient (Wildman–Crippen LogP) is 8.60. The van der Waals surface area contributed by atoms with Gasteiger partial charge in [0.05, 0.1) is 12.0 Å². The van der Waals surface area contributed by atoms with Crippen LogP contribution in [0.2, 0.25) is 0 Å². The quantitative estimate of drug-likeness (QED) is 0.150. The number of alkyl halides is 3. The summed E-state index contributed by atoms with van der Waals surface area (Å²) in [7, 11) is 0. The van der Waals surface area contributed by atoms with Crippen molar-refractivity contribution in [2.24, 2.45) is 5.73 Å². The number of primary amides is 1. The molecule has 232 valence electrons. The van der Waals surface area contributed by atoms with Gasteiger partial charge in [0.1, 0.15) is 5.76 Å². The number of carbonyl (C=O) groups excluding carboxylic acids is 1. The van der Waals surface area contributed by atoms with Crippen molar-refractivity contribution in [3.63, 3.8) is 0 Å². The van der Waals surface area contributed by atoms with Gasteiger partial charge in [-0.25, -0.2) is 4.31 Å². The van der Waals surface area contributed by atoms with Crippen molar-refractivity contribution in [2.45, 2.75) is 50.3 Å². The molecule has 0 aliphatic rings. The van der Waals surface area contributed by atoms with E-state index in [-0.39, 0.29) is 24.4 Å². The molecule has 0 atom stereocenters. The first-order valence-corrected chi connectivity index (χ1v) is 14.9. The average molecular weight is 633 g/mol. The van der Waals surface area contributed by atoms with Crippen molar-refractivity contribution in [3.8, 4) is 11.1 Å². The highest BCUT2D eigenvalue weighted by atomic mass is 32.2. The van der Waals surface area contributed by atoms with Crippen LogP contribution in [0.4, 0.5) is 13.2 Å². The van der Waals surface area contributed by atoms with Gasteiger partial charge >= 0.3 is 12.1 Å². The minimum Gasteiger partial charge on any atom is -0.481 e. The van der Waals surface area contributed by atoms with Gasteiger partial charge in [-0.2, -0.15) is 13.2 Å². The van der Waals surface area contributed by atoms with Gasteiger partial charge in [-0.3, -0.25) is 9.59 Å². The molecular formula is C35H31F3N2O4S. The molecule has 0 unspecified atom stereocenters. The minimum absolute atomic E-state index is 0.00960. The Bertz CT molecular complexity index is 1900. The maximum Gasteiger partial charge on any atom is 0.449 e. The van der Waals surface area contributed by atoms with Crippen molar-refractivity contribution >= 4 is 34.6 Å². The van der Waals surface area contributed by atoms with Gasteiger partial charge in [0, 0.05) is 17.0 Å². The number of amides is 1.